The van der Waals surface area contributed by atoms with Gasteiger partial charge in [-0.3, -0.25) is 4.68 Å². The largest absolute Gasteiger partial charge is 0.394 e. The maximum Gasteiger partial charge on any atom is 0.394 e. The number of aryl methyl sites for hydroxylation is 1. The van der Waals surface area contributed by atoms with Gasteiger partial charge in [0, 0.05) is 41.3 Å². The van der Waals surface area contributed by atoms with Crippen molar-refractivity contribution in [3.8, 4) is 0 Å². The molecule has 8 rings (SSSR count). The van der Waals surface area contributed by atoms with Crippen molar-refractivity contribution in [2.24, 2.45) is 5.41 Å². The fourth-order valence-electron chi connectivity index (χ4n) is 6.77. The molecular weight excluding hydrogens is 519 g/mol. The molecule has 4 heterocycles. The van der Waals surface area contributed by atoms with E-state index in [9.17, 15) is 21.6 Å². The van der Waals surface area contributed by atoms with E-state index >= 15 is 0 Å². The number of hydrogen-bond acceptors (Lipinski definition) is 7. The number of nitrogens with zero attached hydrogens (tertiary/aromatic N) is 5. The molecule has 1 saturated heterocycles. The quantitative estimate of drug-likeness (QED) is 0.449. The van der Waals surface area contributed by atoms with E-state index in [-0.39, 0.29) is 36.2 Å². The Kier molecular flexibility index (Phi) is 4.98. The topological polar surface area (TPSA) is 99.9 Å². The van der Waals surface area contributed by atoms with Crippen LogP contribution in [0.3, 0.4) is 0 Å². The van der Waals surface area contributed by atoms with E-state index in [1.165, 1.54) is 6.07 Å². The summed E-state index contributed by atoms with van der Waals surface area (Å²) in [5.74, 6) is 0.474. The van der Waals surface area contributed by atoms with Gasteiger partial charge in [-0.25, -0.2) is 23.4 Å². The summed E-state index contributed by atoms with van der Waals surface area (Å²) in [4.78, 5) is 14.2. The summed E-state index contributed by atoms with van der Waals surface area (Å²) in [6, 6.07) is 1.97. The van der Waals surface area contributed by atoms with Crippen LogP contribution in [0.25, 0.3) is 11.0 Å². The standard InChI is InChI=1S/C26H28F3N5O3S/c1-14-20(38(2,35)36)8-18-21(24-11-25(12-24,13-24)26(27,28)29)32-22(33-23(18)31-14)15-5-6-37-19(7-15)16-9-30-34(10-16)17-3-4-17/h8-10,15,17,19H,3-7,11-13H2,1-2H3/t15-,19+,24?,25?/m0/s1. The normalized spacial score (nSPS) is 31.2. The van der Waals surface area contributed by atoms with E-state index in [1.807, 2.05) is 17.1 Å². The molecule has 0 radical (unpaired) electrons. The minimum atomic E-state index is -4.26. The summed E-state index contributed by atoms with van der Waals surface area (Å²) in [5.41, 5.74) is -0.227. The predicted octanol–water partition coefficient (Wildman–Crippen LogP) is 4.89. The molecule has 0 amide bonds. The molecule has 12 heteroatoms. The first-order valence-electron chi connectivity index (χ1n) is 13.0. The smallest absolute Gasteiger partial charge is 0.373 e. The van der Waals surface area contributed by atoms with Crippen LogP contribution in [0.15, 0.2) is 23.4 Å². The highest BCUT2D eigenvalue weighted by Crippen LogP contribution is 2.78. The first-order chi connectivity index (χ1) is 17.9. The number of fused-ring (bicyclic) bond motifs is 1. The Hall–Kier alpha value is -2.60. The molecule has 0 aromatic carbocycles. The Morgan fingerprint density at radius 3 is 2.50 bits per heavy atom. The highest BCUT2D eigenvalue weighted by atomic mass is 32.2. The highest BCUT2D eigenvalue weighted by molar-refractivity contribution is 7.90. The van der Waals surface area contributed by atoms with Crippen molar-refractivity contribution in [2.75, 3.05) is 12.9 Å². The zero-order valence-corrected chi connectivity index (χ0v) is 21.9. The van der Waals surface area contributed by atoms with Gasteiger partial charge in [-0.15, -0.1) is 0 Å². The van der Waals surface area contributed by atoms with Gasteiger partial charge in [-0.2, -0.15) is 18.3 Å². The van der Waals surface area contributed by atoms with Gasteiger partial charge in [0.1, 0.15) is 5.82 Å². The molecule has 5 aliphatic rings. The van der Waals surface area contributed by atoms with Crippen LogP contribution in [-0.2, 0) is 20.0 Å². The van der Waals surface area contributed by atoms with Crippen molar-refractivity contribution in [3.05, 3.63) is 41.2 Å². The first kappa shape index (κ1) is 24.4. The van der Waals surface area contributed by atoms with Gasteiger partial charge in [-0.1, -0.05) is 0 Å². The van der Waals surface area contributed by atoms with Gasteiger partial charge in [0.05, 0.1) is 40.0 Å². The van der Waals surface area contributed by atoms with Crippen LogP contribution < -0.4 is 0 Å². The lowest BCUT2D eigenvalue weighted by Crippen LogP contribution is -2.70. The number of rotatable bonds is 5. The molecule has 8 nitrogen and oxygen atoms in total. The maximum atomic E-state index is 13.7. The minimum absolute atomic E-state index is 0.0338. The minimum Gasteiger partial charge on any atom is -0.373 e. The number of hydrogen-bond donors (Lipinski definition) is 0. The molecule has 5 fully saturated rings. The predicted molar refractivity (Wildman–Crippen MR) is 130 cm³/mol. The van der Waals surface area contributed by atoms with Crippen LogP contribution in [0.1, 0.15) is 85.8 Å². The second-order valence-corrected chi connectivity index (χ2v) is 13.8. The molecule has 0 N–H and O–H groups in total. The van der Waals surface area contributed by atoms with Crippen molar-refractivity contribution in [1.82, 2.24) is 24.7 Å². The molecule has 0 unspecified atom stereocenters. The number of aromatic nitrogens is 5. The van der Waals surface area contributed by atoms with Gasteiger partial charge in [-0.05, 0) is 57.9 Å². The summed E-state index contributed by atoms with van der Waals surface area (Å²) in [7, 11) is -3.59. The molecule has 0 spiro atoms. The molecule has 4 saturated carbocycles. The van der Waals surface area contributed by atoms with E-state index < -0.39 is 26.8 Å². The molecule has 2 bridgehead atoms. The molecule has 3 aromatic heterocycles. The lowest BCUT2D eigenvalue weighted by molar-refractivity contribution is -0.337. The van der Waals surface area contributed by atoms with Crippen molar-refractivity contribution < 1.29 is 26.3 Å². The first-order valence-corrected chi connectivity index (χ1v) is 14.9. The Morgan fingerprint density at radius 1 is 1.11 bits per heavy atom. The summed E-state index contributed by atoms with van der Waals surface area (Å²) in [6.45, 7) is 2.11. The van der Waals surface area contributed by atoms with Crippen LogP contribution in [0.4, 0.5) is 13.2 Å². The number of alkyl halides is 3. The second-order valence-electron chi connectivity index (χ2n) is 11.8. The molecule has 1 aliphatic heterocycles. The number of halogens is 3. The van der Waals surface area contributed by atoms with Crippen molar-refractivity contribution in [3.63, 3.8) is 0 Å². The lowest BCUT2D eigenvalue weighted by atomic mass is 9.33. The van der Waals surface area contributed by atoms with Crippen LogP contribution in [0.5, 0.6) is 0 Å². The van der Waals surface area contributed by atoms with Crippen molar-refractivity contribution in [2.45, 2.75) is 86.4 Å². The summed E-state index contributed by atoms with van der Waals surface area (Å²) in [6.07, 6.45) is 4.02. The fourth-order valence-corrected chi connectivity index (χ4v) is 7.68. The summed E-state index contributed by atoms with van der Waals surface area (Å²) < 4.78 is 73.9. The number of pyridine rings is 1. The SMILES string of the molecule is Cc1nc2nc([C@H]3CCO[C@@H](c4cnn(C5CC5)c4)C3)nc(C34CC(C(F)(F)F)(C3)C4)c2cc1S(C)(=O)=O. The zero-order chi connectivity index (χ0) is 26.7. The van der Waals surface area contributed by atoms with E-state index in [0.717, 1.165) is 24.7 Å². The second kappa shape index (κ2) is 7.74. The molecule has 4 aliphatic carbocycles. The van der Waals surface area contributed by atoms with Crippen LogP contribution in [-0.4, -0.2) is 52.2 Å². The average Bonchev–Trinajstić information content (AvgIpc) is 3.51. The molecule has 3 aromatic rings. The fraction of sp³-hybridized carbons (Fsp3) is 0.615. The molecule has 202 valence electrons. The van der Waals surface area contributed by atoms with Crippen molar-refractivity contribution in [1.29, 1.82) is 0 Å². The number of sulfone groups is 1. The Morgan fingerprint density at radius 2 is 1.84 bits per heavy atom. The van der Waals surface area contributed by atoms with E-state index in [4.69, 9.17) is 14.7 Å². The molecule has 2 atom stereocenters. The van der Waals surface area contributed by atoms with E-state index in [2.05, 4.69) is 10.1 Å². The van der Waals surface area contributed by atoms with Gasteiger partial charge in [0.25, 0.3) is 0 Å². The zero-order valence-electron chi connectivity index (χ0n) is 21.1. The number of ether oxygens (including phenoxy) is 1. The van der Waals surface area contributed by atoms with E-state index in [0.29, 0.717) is 53.7 Å². The van der Waals surface area contributed by atoms with Crippen LogP contribution in [0.2, 0.25) is 0 Å². The van der Waals surface area contributed by atoms with Gasteiger partial charge in [0.15, 0.2) is 15.5 Å². The van der Waals surface area contributed by atoms with Crippen molar-refractivity contribution >= 4 is 20.9 Å². The van der Waals surface area contributed by atoms with Gasteiger partial charge < -0.3 is 4.74 Å². The van der Waals surface area contributed by atoms with Crippen LogP contribution in [0, 0.1) is 12.3 Å². The summed E-state index contributed by atoms with van der Waals surface area (Å²) >= 11 is 0. The highest BCUT2D eigenvalue weighted by Gasteiger charge is 2.79. The Bertz CT molecular complexity index is 1560. The molecular formula is C26H28F3N5O3S. The average molecular weight is 548 g/mol. The van der Waals surface area contributed by atoms with Gasteiger partial charge >= 0.3 is 6.18 Å². The third-order valence-corrected chi connectivity index (χ3v) is 10.2. The Balaban J connectivity index is 1.28. The monoisotopic (exact) mass is 547 g/mol. The Labute approximate surface area is 217 Å². The summed E-state index contributed by atoms with van der Waals surface area (Å²) in [5, 5.41) is 4.92. The molecule has 38 heavy (non-hydrogen) atoms. The third-order valence-electron chi connectivity index (χ3n) is 8.95. The van der Waals surface area contributed by atoms with Gasteiger partial charge in [0.2, 0.25) is 0 Å². The third kappa shape index (κ3) is 3.62. The lowest BCUT2D eigenvalue weighted by Gasteiger charge is -2.70. The maximum absolute atomic E-state index is 13.7. The van der Waals surface area contributed by atoms with Crippen LogP contribution >= 0.6 is 0 Å². The van der Waals surface area contributed by atoms with E-state index in [1.54, 1.807) is 6.92 Å².